The fraction of sp³-hybridized carbons (Fsp3) is 0.200. The van der Waals surface area contributed by atoms with Crippen LogP contribution in [0.1, 0.15) is 28.0 Å². The predicted molar refractivity (Wildman–Crippen MR) is 89.5 cm³/mol. The summed E-state index contributed by atoms with van der Waals surface area (Å²) in [7, 11) is 0. The van der Waals surface area contributed by atoms with Crippen molar-refractivity contribution >= 4 is 34.0 Å². The molecule has 3 aromatic rings. The highest BCUT2D eigenvalue weighted by atomic mass is 32.2. The van der Waals surface area contributed by atoms with Crippen molar-refractivity contribution in [3.63, 3.8) is 0 Å². The Morgan fingerprint density at radius 2 is 2.17 bits per heavy atom. The smallest absolute Gasteiger partial charge is 0.336 e. The van der Waals surface area contributed by atoms with Gasteiger partial charge in [-0.2, -0.15) is 9.61 Å². The Bertz CT molecular complexity index is 933. The molecule has 0 aliphatic heterocycles. The summed E-state index contributed by atoms with van der Waals surface area (Å²) in [5.74, 6) is -0.540. The van der Waals surface area contributed by atoms with E-state index in [4.69, 9.17) is 0 Å². The highest BCUT2D eigenvalue weighted by Gasteiger charge is 2.12. The first-order valence-corrected chi connectivity index (χ1v) is 8.72. The van der Waals surface area contributed by atoms with Crippen LogP contribution in [0.25, 0.3) is 4.96 Å². The Morgan fingerprint density at radius 3 is 2.91 bits per heavy atom. The predicted octanol–water partition coefficient (Wildman–Crippen LogP) is 2.70. The Kier molecular flexibility index (Phi) is 4.44. The number of thioether (sulfide) groups is 1. The van der Waals surface area contributed by atoms with Crippen LogP contribution in [0.15, 0.2) is 40.0 Å². The molecule has 0 aliphatic rings. The molecule has 2 heterocycles. The first kappa shape index (κ1) is 15.7. The number of aryl methyl sites for hydroxylation is 1. The zero-order valence-electron chi connectivity index (χ0n) is 12.2. The van der Waals surface area contributed by atoms with Gasteiger partial charge >= 0.3 is 5.97 Å². The minimum Gasteiger partial charge on any atom is -0.478 e. The van der Waals surface area contributed by atoms with Gasteiger partial charge in [-0.15, -0.1) is 11.8 Å². The van der Waals surface area contributed by atoms with Crippen molar-refractivity contribution in [1.82, 2.24) is 14.6 Å². The van der Waals surface area contributed by atoms with Gasteiger partial charge in [0, 0.05) is 16.7 Å². The van der Waals surface area contributed by atoms with E-state index in [0.29, 0.717) is 21.3 Å². The van der Waals surface area contributed by atoms with Gasteiger partial charge < -0.3 is 5.11 Å². The number of rotatable bonds is 5. The van der Waals surface area contributed by atoms with Crippen LogP contribution in [-0.2, 0) is 12.2 Å². The van der Waals surface area contributed by atoms with Crippen molar-refractivity contribution in [2.24, 2.45) is 0 Å². The minimum absolute atomic E-state index is 0.215. The summed E-state index contributed by atoms with van der Waals surface area (Å²) < 4.78 is 1.31. The number of carboxylic acid groups (broad SMARTS) is 1. The number of carboxylic acids is 1. The second-order valence-corrected chi connectivity index (χ2v) is 6.78. The van der Waals surface area contributed by atoms with Crippen LogP contribution in [0.4, 0.5) is 0 Å². The van der Waals surface area contributed by atoms with Crippen molar-refractivity contribution < 1.29 is 9.90 Å². The van der Waals surface area contributed by atoms with E-state index in [1.165, 1.54) is 33.7 Å². The third-order valence-corrected chi connectivity index (χ3v) is 5.30. The van der Waals surface area contributed by atoms with Crippen molar-refractivity contribution in [3.05, 3.63) is 57.0 Å². The highest BCUT2D eigenvalue weighted by molar-refractivity contribution is 7.98. The average Bonchev–Trinajstić information content (AvgIpc) is 2.97. The maximum Gasteiger partial charge on any atom is 0.336 e. The van der Waals surface area contributed by atoms with Gasteiger partial charge in [-0.05, 0) is 18.6 Å². The number of benzene rings is 1. The van der Waals surface area contributed by atoms with Crippen molar-refractivity contribution in [2.75, 3.05) is 0 Å². The molecule has 0 amide bonds. The van der Waals surface area contributed by atoms with E-state index in [9.17, 15) is 14.7 Å². The molecule has 1 N–H and O–H groups in total. The molecule has 3 rings (SSSR count). The summed E-state index contributed by atoms with van der Waals surface area (Å²) >= 11 is 2.74. The summed E-state index contributed by atoms with van der Waals surface area (Å²) in [5, 5.41) is 14.2. The van der Waals surface area contributed by atoms with Crippen LogP contribution >= 0.6 is 23.1 Å². The first-order chi connectivity index (χ1) is 11.1. The summed E-state index contributed by atoms with van der Waals surface area (Å²) in [4.78, 5) is 29.0. The van der Waals surface area contributed by atoms with Crippen LogP contribution in [-0.4, -0.2) is 25.7 Å². The van der Waals surface area contributed by atoms with Gasteiger partial charge in [-0.1, -0.05) is 30.4 Å². The summed E-state index contributed by atoms with van der Waals surface area (Å²) in [6.45, 7) is 1.97. The van der Waals surface area contributed by atoms with Crippen LogP contribution in [0, 0.1) is 0 Å². The lowest BCUT2D eigenvalue weighted by molar-refractivity contribution is 0.0693. The Morgan fingerprint density at radius 1 is 1.39 bits per heavy atom. The molecule has 0 unspecified atom stereocenters. The Balaban J connectivity index is 1.88. The number of aromatic nitrogens is 3. The molecule has 8 heteroatoms. The monoisotopic (exact) mass is 347 g/mol. The van der Waals surface area contributed by atoms with Gasteiger partial charge in [-0.3, -0.25) is 4.79 Å². The van der Waals surface area contributed by atoms with Gasteiger partial charge in [0.05, 0.1) is 11.3 Å². The maximum atomic E-state index is 12.1. The number of hydrogen-bond acceptors (Lipinski definition) is 6. The summed E-state index contributed by atoms with van der Waals surface area (Å²) in [6, 6.07) is 8.24. The lowest BCUT2D eigenvalue weighted by Gasteiger charge is -2.05. The number of nitrogens with zero attached hydrogens (tertiary/aromatic N) is 3. The van der Waals surface area contributed by atoms with Gasteiger partial charge in [0.1, 0.15) is 5.01 Å². The number of hydrogen-bond donors (Lipinski definition) is 1. The standard InChI is InChI=1S/C15H13N3O3S2/c1-2-12-17-18-13(19)7-9(16-15(18)23-12)8-22-11-6-4-3-5-10(11)14(20)21/h3-7H,2,8H2,1H3,(H,20,21). The largest absolute Gasteiger partial charge is 0.478 e. The zero-order valence-corrected chi connectivity index (χ0v) is 13.9. The third-order valence-electron chi connectivity index (χ3n) is 3.14. The number of aromatic carboxylic acids is 1. The minimum atomic E-state index is -0.966. The normalized spacial score (nSPS) is 11.0. The van der Waals surface area contributed by atoms with E-state index in [-0.39, 0.29) is 11.1 Å². The zero-order chi connectivity index (χ0) is 16.4. The molecule has 23 heavy (non-hydrogen) atoms. The van der Waals surface area contributed by atoms with Crippen LogP contribution < -0.4 is 5.56 Å². The van der Waals surface area contributed by atoms with E-state index >= 15 is 0 Å². The van der Waals surface area contributed by atoms with E-state index < -0.39 is 5.97 Å². The molecule has 0 bridgehead atoms. The number of carbonyl (C=O) groups is 1. The molecule has 0 spiro atoms. The molecule has 6 nitrogen and oxygen atoms in total. The summed E-state index contributed by atoms with van der Waals surface area (Å²) in [6.07, 6.45) is 0.754. The molecule has 0 atom stereocenters. The average molecular weight is 347 g/mol. The second kappa shape index (κ2) is 6.51. The third kappa shape index (κ3) is 3.27. The maximum absolute atomic E-state index is 12.1. The van der Waals surface area contributed by atoms with Crippen LogP contribution in [0.5, 0.6) is 0 Å². The van der Waals surface area contributed by atoms with Crippen molar-refractivity contribution in [3.8, 4) is 0 Å². The van der Waals surface area contributed by atoms with Crippen LogP contribution in [0.3, 0.4) is 0 Å². The van der Waals surface area contributed by atoms with Gasteiger partial charge in [0.15, 0.2) is 0 Å². The summed E-state index contributed by atoms with van der Waals surface area (Å²) in [5.41, 5.74) is 0.654. The van der Waals surface area contributed by atoms with E-state index in [0.717, 1.165) is 11.4 Å². The van der Waals surface area contributed by atoms with Gasteiger partial charge in [-0.25, -0.2) is 9.78 Å². The fourth-order valence-corrected chi connectivity index (χ4v) is 3.83. The Hall–Kier alpha value is -2.19. The number of fused-ring (bicyclic) bond motifs is 1. The van der Waals surface area contributed by atoms with Gasteiger partial charge in [0.2, 0.25) is 4.96 Å². The topological polar surface area (TPSA) is 84.6 Å². The molecule has 0 aliphatic carbocycles. The second-order valence-electron chi connectivity index (χ2n) is 4.72. The lowest BCUT2D eigenvalue weighted by atomic mass is 10.2. The molecular weight excluding hydrogens is 334 g/mol. The SMILES string of the molecule is CCc1nn2c(=O)cc(CSc3ccccc3C(=O)O)nc2s1. The molecule has 1 aromatic carbocycles. The molecule has 118 valence electrons. The van der Waals surface area contributed by atoms with Crippen molar-refractivity contribution in [2.45, 2.75) is 24.0 Å². The van der Waals surface area contributed by atoms with Crippen molar-refractivity contribution in [1.29, 1.82) is 0 Å². The molecule has 0 fully saturated rings. The fourth-order valence-electron chi connectivity index (χ4n) is 2.03. The first-order valence-electron chi connectivity index (χ1n) is 6.92. The van der Waals surface area contributed by atoms with Gasteiger partial charge in [0.25, 0.3) is 5.56 Å². The molecule has 2 aromatic heterocycles. The molecular formula is C15H13N3O3S2. The lowest BCUT2D eigenvalue weighted by Crippen LogP contribution is -2.15. The Labute approximate surface area is 139 Å². The van der Waals surface area contributed by atoms with E-state index in [2.05, 4.69) is 10.1 Å². The molecule has 0 saturated carbocycles. The highest BCUT2D eigenvalue weighted by Crippen LogP contribution is 2.26. The molecule has 0 radical (unpaired) electrons. The van der Waals surface area contributed by atoms with E-state index in [1.807, 2.05) is 6.92 Å². The quantitative estimate of drug-likeness (QED) is 0.714. The van der Waals surface area contributed by atoms with E-state index in [1.54, 1.807) is 24.3 Å². The van der Waals surface area contributed by atoms with Crippen LogP contribution in [0.2, 0.25) is 0 Å². The molecule has 0 saturated heterocycles.